The van der Waals surface area contributed by atoms with Gasteiger partial charge in [0.05, 0.1) is 5.41 Å². The minimum Gasteiger partial charge on any atom is -0.347 e. The summed E-state index contributed by atoms with van der Waals surface area (Å²) in [5.74, 6) is 0. The zero-order chi connectivity index (χ0) is 27.5. The van der Waals surface area contributed by atoms with Crippen molar-refractivity contribution < 1.29 is 4.58 Å². The van der Waals surface area contributed by atoms with E-state index in [4.69, 9.17) is 0 Å². The van der Waals surface area contributed by atoms with Gasteiger partial charge >= 0.3 is 0 Å². The molecule has 3 aliphatic rings. The van der Waals surface area contributed by atoms with Gasteiger partial charge in [-0.3, -0.25) is 0 Å². The molecule has 2 heteroatoms. The fourth-order valence-electron chi connectivity index (χ4n) is 8.32. The second kappa shape index (κ2) is 9.34. The number of nitrogens with zero attached hydrogens (tertiary/aromatic N) is 2. The van der Waals surface area contributed by atoms with Gasteiger partial charge in [0.25, 0.3) is 0 Å². The van der Waals surface area contributed by atoms with Crippen molar-refractivity contribution in [2.45, 2.75) is 56.3 Å². The van der Waals surface area contributed by atoms with Crippen LogP contribution in [0, 0.1) is 0 Å². The molecule has 1 atom stereocenters. The summed E-state index contributed by atoms with van der Waals surface area (Å²) < 4.78 is 2.40. The van der Waals surface area contributed by atoms with E-state index in [1.807, 2.05) is 0 Å². The van der Waals surface area contributed by atoms with Crippen LogP contribution in [0.25, 0.3) is 21.5 Å². The smallest absolute Gasteiger partial charge is 0.210 e. The van der Waals surface area contributed by atoms with Crippen LogP contribution in [-0.4, -0.2) is 24.4 Å². The van der Waals surface area contributed by atoms with Gasteiger partial charge < -0.3 is 4.90 Å². The third kappa shape index (κ3) is 3.45. The molecule has 0 aromatic heterocycles. The molecule has 0 N–H and O–H groups in total. The second-order valence-corrected chi connectivity index (χ2v) is 12.2. The number of hydrogen-bond acceptors (Lipinski definition) is 1. The summed E-state index contributed by atoms with van der Waals surface area (Å²) in [5.41, 5.74) is 8.38. The monoisotopic (exact) mass is 523 g/mol. The largest absolute Gasteiger partial charge is 0.347 e. The minimum absolute atomic E-state index is 0.0867. The Morgan fingerprint density at radius 1 is 0.850 bits per heavy atom. The first-order chi connectivity index (χ1) is 19.5. The van der Waals surface area contributed by atoms with Crippen molar-refractivity contribution in [2.24, 2.45) is 0 Å². The predicted octanol–water partition coefficient (Wildman–Crippen LogP) is 9.35. The Balaban J connectivity index is 1.35. The SMILES string of the molecule is C=CCC1(C)C(/C=C/C=C2/N(C)c3ccc4ccccc4c3C23CCCCC3)=[N+](C)c2ccc3ccccc3c21. The Morgan fingerprint density at radius 2 is 1.50 bits per heavy atom. The summed E-state index contributed by atoms with van der Waals surface area (Å²) >= 11 is 0. The molecule has 1 spiro atoms. The Bertz CT molecular complexity index is 1760. The topological polar surface area (TPSA) is 6.25 Å². The maximum absolute atomic E-state index is 4.17. The van der Waals surface area contributed by atoms with Crippen molar-refractivity contribution in [1.82, 2.24) is 0 Å². The number of benzene rings is 4. The molecule has 2 aliphatic heterocycles. The molecular weight excluding hydrogens is 484 g/mol. The van der Waals surface area contributed by atoms with Gasteiger partial charge in [-0.1, -0.05) is 86.0 Å². The van der Waals surface area contributed by atoms with Crippen molar-refractivity contribution in [2.75, 3.05) is 19.0 Å². The Morgan fingerprint density at radius 3 is 2.20 bits per heavy atom. The van der Waals surface area contributed by atoms with E-state index in [9.17, 15) is 0 Å². The second-order valence-electron chi connectivity index (χ2n) is 12.2. The molecule has 200 valence electrons. The van der Waals surface area contributed by atoms with E-state index >= 15 is 0 Å². The van der Waals surface area contributed by atoms with Gasteiger partial charge in [0.15, 0.2) is 5.71 Å². The third-order valence-electron chi connectivity index (χ3n) is 10.1. The Kier molecular flexibility index (Phi) is 5.85. The lowest BCUT2D eigenvalue weighted by Crippen LogP contribution is -2.32. The number of fused-ring (bicyclic) bond motifs is 7. The highest BCUT2D eigenvalue weighted by Gasteiger charge is 2.48. The van der Waals surface area contributed by atoms with Crippen LogP contribution in [0.1, 0.15) is 56.6 Å². The van der Waals surface area contributed by atoms with Gasteiger partial charge in [0.1, 0.15) is 7.05 Å². The molecule has 7 rings (SSSR count). The number of allylic oxidation sites excluding steroid dienone is 5. The first-order valence-corrected chi connectivity index (χ1v) is 14.9. The van der Waals surface area contributed by atoms with Gasteiger partial charge in [-0.25, -0.2) is 0 Å². The quantitative estimate of drug-likeness (QED) is 0.191. The van der Waals surface area contributed by atoms with E-state index in [1.165, 1.54) is 82.0 Å². The minimum atomic E-state index is -0.134. The molecule has 40 heavy (non-hydrogen) atoms. The number of hydrogen-bond donors (Lipinski definition) is 0. The van der Waals surface area contributed by atoms with E-state index in [0.717, 1.165) is 6.42 Å². The number of rotatable bonds is 4. The van der Waals surface area contributed by atoms with Gasteiger partial charge in [-0.05, 0) is 71.5 Å². The number of likely N-dealkylation sites (N-methyl/N-ethyl adjacent to an activating group) is 1. The summed E-state index contributed by atoms with van der Waals surface area (Å²) in [6.45, 7) is 6.56. The summed E-state index contributed by atoms with van der Waals surface area (Å²) in [5, 5.41) is 5.42. The molecule has 4 aromatic rings. The lowest BCUT2D eigenvalue weighted by atomic mass is 9.67. The van der Waals surface area contributed by atoms with Gasteiger partial charge in [-0.2, -0.15) is 4.58 Å². The van der Waals surface area contributed by atoms with Crippen LogP contribution in [0.15, 0.2) is 109 Å². The fourth-order valence-corrected chi connectivity index (χ4v) is 8.32. The predicted molar refractivity (Wildman–Crippen MR) is 171 cm³/mol. The fraction of sp³-hybridized carbons (Fsp3) is 0.289. The first-order valence-electron chi connectivity index (χ1n) is 14.9. The normalized spacial score (nSPS) is 22.7. The summed E-state index contributed by atoms with van der Waals surface area (Å²) in [6, 6.07) is 27.0. The van der Waals surface area contributed by atoms with Crippen molar-refractivity contribution in [1.29, 1.82) is 0 Å². The van der Waals surface area contributed by atoms with Crippen molar-refractivity contribution in [3.8, 4) is 0 Å². The zero-order valence-electron chi connectivity index (χ0n) is 24.1. The van der Waals surface area contributed by atoms with Crippen molar-refractivity contribution in [3.63, 3.8) is 0 Å². The van der Waals surface area contributed by atoms with Crippen LogP contribution < -0.4 is 4.90 Å². The summed E-state index contributed by atoms with van der Waals surface area (Å²) in [7, 11) is 4.50. The van der Waals surface area contributed by atoms with E-state index in [2.05, 4.69) is 134 Å². The molecule has 4 aromatic carbocycles. The lowest BCUT2D eigenvalue weighted by molar-refractivity contribution is -0.401. The highest BCUT2D eigenvalue weighted by Crippen LogP contribution is 2.57. The van der Waals surface area contributed by atoms with Gasteiger partial charge in [0, 0.05) is 41.6 Å². The average molecular weight is 524 g/mol. The number of anilines is 1. The van der Waals surface area contributed by atoms with E-state index in [1.54, 1.807) is 5.56 Å². The molecule has 1 unspecified atom stereocenters. The molecular formula is C38H39N2+. The van der Waals surface area contributed by atoms with Crippen LogP contribution in [0.3, 0.4) is 0 Å². The van der Waals surface area contributed by atoms with Crippen LogP contribution in [0.4, 0.5) is 11.4 Å². The van der Waals surface area contributed by atoms with E-state index in [-0.39, 0.29) is 10.8 Å². The molecule has 2 heterocycles. The average Bonchev–Trinajstić information content (AvgIpc) is 3.34. The van der Waals surface area contributed by atoms with Crippen molar-refractivity contribution in [3.05, 3.63) is 121 Å². The highest BCUT2D eigenvalue weighted by molar-refractivity contribution is 6.08. The Labute approximate surface area is 238 Å². The van der Waals surface area contributed by atoms with Gasteiger partial charge in [0.2, 0.25) is 5.69 Å². The summed E-state index contributed by atoms with van der Waals surface area (Å²) in [4.78, 5) is 2.48. The van der Waals surface area contributed by atoms with Gasteiger partial charge in [-0.15, -0.1) is 6.58 Å². The van der Waals surface area contributed by atoms with Crippen LogP contribution in [0.5, 0.6) is 0 Å². The molecule has 1 fully saturated rings. The maximum atomic E-state index is 4.17. The summed E-state index contributed by atoms with van der Waals surface area (Å²) in [6.07, 6.45) is 16.5. The zero-order valence-corrected chi connectivity index (χ0v) is 24.1. The first kappa shape index (κ1) is 25.1. The van der Waals surface area contributed by atoms with Crippen LogP contribution in [-0.2, 0) is 10.8 Å². The van der Waals surface area contributed by atoms with Crippen LogP contribution in [0.2, 0.25) is 0 Å². The third-order valence-corrected chi connectivity index (χ3v) is 10.1. The Hall–Kier alpha value is -3.91. The molecule has 0 bridgehead atoms. The van der Waals surface area contributed by atoms with Crippen LogP contribution >= 0.6 is 0 Å². The molecule has 0 radical (unpaired) electrons. The molecule has 0 amide bonds. The lowest BCUT2D eigenvalue weighted by Gasteiger charge is -2.36. The highest BCUT2D eigenvalue weighted by atomic mass is 15.2. The molecule has 1 saturated carbocycles. The maximum Gasteiger partial charge on any atom is 0.210 e. The molecule has 1 aliphatic carbocycles. The van der Waals surface area contributed by atoms with Crippen molar-refractivity contribution >= 4 is 38.6 Å². The molecule has 0 saturated heterocycles. The van der Waals surface area contributed by atoms with E-state index < -0.39 is 0 Å². The standard InChI is InChI=1S/C38H39N2/c1-5-24-37(2)33(39(3)31-22-20-27-14-7-9-16-29(27)35(31)37)18-13-19-34-38(25-11-6-12-26-38)36-30-17-10-8-15-28(30)21-23-32(36)40(34)4/h5,7-10,13-23H,1,6,11-12,24-26H2,2-4H3/q+1. The van der Waals surface area contributed by atoms with E-state index in [0.29, 0.717) is 0 Å². The molecule has 2 nitrogen and oxygen atoms in total.